The predicted molar refractivity (Wildman–Crippen MR) is 97.5 cm³/mol. The molecule has 1 N–H and O–H groups in total. The molecule has 5 nitrogen and oxygen atoms in total. The number of hydrogen-bond donors (Lipinski definition) is 1. The van der Waals surface area contributed by atoms with Crippen LogP contribution in [-0.4, -0.2) is 58.4 Å². The van der Waals surface area contributed by atoms with Crippen LogP contribution in [0.1, 0.15) is 39.0 Å². The molecule has 6 heteroatoms. The molecule has 1 aromatic rings. The Bertz CT molecular complexity index is 501. The van der Waals surface area contributed by atoms with Crippen LogP contribution in [0.2, 0.25) is 0 Å². The Hall–Kier alpha value is -1.01. The van der Waals surface area contributed by atoms with Crippen LogP contribution in [0.3, 0.4) is 0 Å². The fourth-order valence-corrected chi connectivity index (χ4v) is 4.77. The van der Waals surface area contributed by atoms with E-state index in [2.05, 4.69) is 44.5 Å². The van der Waals surface area contributed by atoms with E-state index < -0.39 is 0 Å². The van der Waals surface area contributed by atoms with Gasteiger partial charge in [-0.3, -0.25) is 0 Å². The van der Waals surface area contributed by atoms with Crippen molar-refractivity contribution in [3.63, 3.8) is 0 Å². The Kier molecular flexibility index (Phi) is 6.00. The Morgan fingerprint density at radius 2 is 2.04 bits per heavy atom. The van der Waals surface area contributed by atoms with Gasteiger partial charge in [0.25, 0.3) is 0 Å². The molecular weight excluding hydrogens is 308 g/mol. The number of aliphatic hydroxyl groups excluding tert-OH is 1. The predicted octanol–water partition coefficient (Wildman–Crippen LogP) is 2.55. The molecule has 0 amide bonds. The van der Waals surface area contributed by atoms with Crippen molar-refractivity contribution in [2.24, 2.45) is 0 Å². The molecular formula is C17H28N4OS. The lowest BCUT2D eigenvalue weighted by molar-refractivity contribution is 0.266. The number of thioether (sulfide) groups is 1. The third-order valence-electron chi connectivity index (χ3n) is 4.87. The highest BCUT2D eigenvalue weighted by atomic mass is 32.2. The molecule has 2 aliphatic heterocycles. The van der Waals surface area contributed by atoms with E-state index in [1.807, 2.05) is 0 Å². The highest BCUT2D eigenvalue weighted by molar-refractivity contribution is 7.99. The topological polar surface area (TPSA) is 52.5 Å². The number of anilines is 2. The number of rotatable bonds is 5. The van der Waals surface area contributed by atoms with Crippen molar-refractivity contribution in [2.75, 3.05) is 41.8 Å². The summed E-state index contributed by atoms with van der Waals surface area (Å²) in [7, 11) is 0. The third-order valence-corrected chi connectivity index (χ3v) is 6.06. The third kappa shape index (κ3) is 4.10. The Morgan fingerprint density at radius 3 is 2.87 bits per heavy atom. The van der Waals surface area contributed by atoms with Crippen LogP contribution in [0.5, 0.6) is 0 Å². The lowest BCUT2D eigenvalue weighted by Gasteiger charge is -2.28. The van der Waals surface area contributed by atoms with Gasteiger partial charge in [0, 0.05) is 31.0 Å². The molecule has 0 saturated carbocycles. The van der Waals surface area contributed by atoms with E-state index in [4.69, 9.17) is 0 Å². The number of hydrogen-bond acceptors (Lipinski definition) is 6. The van der Waals surface area contributed by atoms with E-state index in [1.165, 1.54) is 25.0 Å². The van der Waals surface area contributed by atoms with E-state index in [-0.39, 0.29) is 12.6 Å². The van der Waals surface area contributed by atoms with Crippen LogP contribution in [0.15, 0.2) is 12.4 Å². The Balaban J connectivity index is 1.75. The van der Waals surface area contributed by atoms with Crippen LogP contribution in [0.25, 0.3) is 0 Å². The second-order valence-electron chi connectivity index (χ2n) is 6.43. The summed E-state index contributed by atoms with van der Waals surface area (Å²) in [6, 6.07) is 2.33. The van der Waals surface area contributed by atoms with Crippen molar-refractivity contribution >= 4 is 23.4 Å². The van der Waals surface area contributed by atoms with Crippen molar-refractivity contribution in [3.8, 4) is 0 Å². The summed E-state index contributed by atoms with van der Waals surface area (Å²) in [5, 5.41) is 10.3. The maximum absolute atomic E-state index is 9.55. The molecule has 2 atom stereocenters. The van der Waals surface area contributed by atoms with Gasteiger partial charge in [0.15, 0.2) is 0 Å². The molecule has 3 heterocycles. The summed E-state index contributed by atoms with van der Waals surface area (Å²) in [5.41, 5.74) is 0. The second-order valence-corrected chi connectivity index (χ2v) is 8.00. The molecule has 0 aromatic carbocycles. The van der Waals surface area contributed by atoms with E-state index in [9.17, 15) is 5.11 Å². The van der Waals surface area contributed by atoms with Crippen LogP contribution in [0.4, 0.5) is 11.6 Å². The van der Waals surface area contributed by atoms with E-state index in [0.717, 1.165) is 44.1 Å². The van der Waals surface area contributed by atoms with Crippen molar-refractivity contribution in [1.29, 1.82) is 0 Å². The van der Waals surface area contributed by atoms with Gasteiger partial charge < -0.3 is 14.9 Å². The van der Waals surface area contributed by atoms with E-state index >= 15 is 0 Å². The first-order valence-electron chi connectivity index (χ1n) is 8.88. The number of aromatic nitrogens is 2. The van der Waals surface area contributed by atoms with Crippen molar-refractivity contribution in [3.05, 3.63) is 12.4 Å². The Labute approximate surface area is 143 Å². The summed E-state index contributed by atoms with van der Waals surface area (Å²) in [6.45, 7) is 5.60. The molecule has 1 aromatic heterocycles. The molecule has 3 rings (SSSR count). The van der Waals surface area contributed by atoms with Gasteiger partial charge in [0.1, 0.15) is 18.0 Å². The molecule has 128 valence electrons. The van der Waals surface area contributed by atoms with Gasteiger partial charge in [-0.05, 0) is 31.4 Å². The molecule has 0 bridgehead atoms. The minimum absolute atomic E-state index is 0.207. The summed E-state index contributed by atoms with van der Waals surface area (Å²) in [6.07, 6.45) is 7.72. The second kappa shape index (κ2) is 8.20. The molecule has 0 radical (unpaired) electrons. The van der Waals surface area contributed by atoms with Crippen LogP contribution >= 0.6 is 11.8 Å². The van der Waals surface area contributed by atoms with Crippen LogP contribution in [-0.2, 0) is 0 Å². The zero-order valence-electron chi connectivity index (χ0n) is 14.0. The van der Waals surface area contributed by atoms with Gasteiger partial charge in [-0.2, -0.15) is 11.8 Å². The zero-order valence-corrected chi connectivity index (χ0v) is 14.8. The average Bonchev–Trinajstić information content (AvgIpc) is 2.94. The maximum Gasteiger partial charge on any atom is 0.134 e. The van der Waals surface area contributed by atoms with Crippen molar-refractivity contribution < 1.29 is 5.11 Å². The summed E-state index contributed by atoms with van der Waals surface area (Å²) in [4.78, 5) is 13.7. The van der Waals surface area contributed by atoms with E-state index in [0.29, 0.717) is 5.25 Å². The molecule has 2 unspecified atom stereocenters. The lowest BCUT2D eigenvalue weighted by Crippen LogP contribution is -2.34. The first kappa shape index (κ1) is 16.8. The minimum Gasteiger partial charge on any atom is -0.394 e. The highest BCUT2D eigenvalue weighted by Crippen LogP contribution is 2.28. The maximum atomic E-state index is 9.55. The van der Waals surface area contributed by atoms with Gasteiger partial charge in [0.2, 0.25) is 0 Å². The highest BCUT2D eigenvalue weighted by Gasteiger charge is 2.26. The zero-order chi connectivity index (χ0) is 16.1. The average molecular weight is 337 g/mol. The molecule has 2 aliphatic rings. The molecule has 2 fully saturated rings. The fraction of sp³-hybridized carbons (Fsp3) is 0.765. The Morgan fingerprint density at radius 1 is 1.17 bits per heavy atom. The van der Waals surface area contributed by atoms with Crippen LogP contribution < -0.4 is 9.80 Å². The van der Waals surface area contributed by atoms with Gasteiger partial charge in [0.05, 0.1) is 12.6 Å². The molecule has 0 aliphatic carbocycles. The van der Waals surface area contributed by atoms with Gasteiger partial charge in [-0.1, -0.05) is 13.3 Å². The van der Waals surface area contributed by atoms with E-state index in [1.54, 1.807) is 6.33 Å². The summed E-state index contributed by atoms with van der Waals surface area (Å²) >= 11 is 2.07. The molecule has 0 spiro atoms. The standard InChI is InChI=1S/C17H28N4OS/c1-2-23-15-7-3-4-8-20(11-15)16-10-17(19-13-18-16)21-9-5-6-14(21)12-22/h10,13-15,22H,2-9,11-12H2,1H3. The lowest BCUT2D eigenvalue weighted by atomic mass is 10.2. The van der Waals surface area contributed by atoms with Gasteiger partial charge in [-0.15, -0.1) is 0 Å². The van der Waals surface area contributed by atoms with Crippen LogP contribution in [0, 0.1) is 0 Å². The SMILES string of the molecule is CCSC1CCCCN(c2cc(N3CCCC3CO)ncn2)C1. The number of aliphatic hydroxyl groups is 1. The smallest absolute Gasteiger partial charge is 0.134 e. The first-order chi connectivity index (χ1) is 11.3. The largest absolute Gasteiger partial charge is 0.394 e. The normalized spacial score (nSPS) is 25.7. The van der Waals surface area contributed by atoms with Gasteiger partial charge in [-0.25, -0.2) is 9.97 Å². The number of nitrogens with zero attached hydrogens (tertiary/aromatic N) is 4. The molecule has 23 heavy (non-hydrogen) atoms. The van der Waals surface area contributed by atoms with Crippen molar-refractivity contribution in [1.82, 2.24) is 9.97 Å². The quantitative estimate of drug-likeness (QED) is 0.892. The summed E-state index contributed by atoms with van der Waals surface area (Å²) < 4.78 is 0. The van der Waals surface area contributed by atoms with Gasteiger partial charge >= 0.3 is 0 Å². The minimum atomic E-state index is 0.207. The molecule has 2 saturated heterocycles. The monoisotopic (exact) mass is 336 g/mol. The first-order valence-corrected chi connectivity index (χ1v) is 9.92. The fourth-order valence-electron chi connectivity index (χ4n) is 3.68. The van der Waals surface area contributed by atoms with Crippen molar-refractivity contribution in [2.45, 2.75) is 50.3 Å². The summed E-state index contributed by atoms with van der Waals surface area (Å²) in [5.74, 6) is 3.19.